The summed E-state index contributed by atoms with van der Waals surface area (Å²) in [7, 11) is 0. The number of hydrogen-bond acceptors (Lipinski definition) is 3. The predicted molar refractivity (Wildman–Crippen MR) is 196 cm³/mol. The van der Waals surface area contributed by atoms with Crippen molar-refractivity contribution in [3.05, 3.63) is 151 Å². The molecule has 2 aromatic heterocycles. The summed E-state index contributed by atoms with van der Waals surface area (Å²) in [6.45, 7) is 0. The molecule has 0 fully saturated rings. The standard InChI is InChI=1S/C44H28N2O/c1-3-11-27(12-4-1)29-15-9-16-30(23-29)43-44(46-38-19-8-7-18-37(38)45-43)31-21-22-33-35(24-31)34-17-10-20-39-41(34)42-36(33)25-32(26-40(42)47-39)28-13-5-2-6-14-28/h1,3-5,7-26H,2,6H2. The Morgan fingerprint density at radius 3 is 1.96 bits per heavy atom. The van der Waals surface area contributed by atoms with E-state index in [1.165, 1.54) is 49.0 Å². The van der Waals surface area contributed by atoms with Crippen LogP contribution in [0.4, 0.5) is 0 Å². The Balaban J connectivity index is 1.24. The van der Waals surface area contributed by atoms with Crippen molar-refractivity contribution in [1.29, 1.82) is 0 Å². The monoisotopic (exact) mass is 600 g/mol. The summed E-state index contributed by atoms with van der Waals surface area (Å²) < 4.78 is 6.53. The van der Waals surface area contributed by atoms with E-state index in [-0.39, 0.29) is 0 Å². The van der Waals surface area contributed by atoms with Gasteiger partial charge in [0.1, 0.15) is 11.2 Å². The highest BCUT2D eigenvalue weighted by atomic mass is 16.3. The second-order valence-corrected chi connectivity index (χ2v) is 12.4. The van der Waals surface area contributed by atoms with E-state index in [9.17, 15) is 0 Å². The van der Waals surface area contributed by atoms with Gasteiger partial charge in [0.25, 0.3) is 0 Å². The van der Waals surface area contributed by atoms with Gasteiger partial charge in [0.2, 0.25) is 0 Å². The van der Waals surface area contributed by atoms with Crippen LogP contribution in [0, 0.1) is 0 Å². The van der Waals surface area contributed by atoms with Crippen LogP contribution in [0.2, 0.25) is 0 Å². The molecule has 0 saturated carbocycles. The maximum atomic E-state index is 6.53. The maximum absolute atomic E-state index is 6.53. The van der Waals surface area contributed by atoms with E-state index in [2.05, 4.69) is 121 Å². The first-order valence-corrected chi connectivity index (χ1v) is 16.2. The highest BCUT2D eigenvalue weighted by Crippen LogP contribution is 2.45. The third kappa shape index (κ3) is 4.13. The number of nitrogens with zero attached hydrogens (tertiary/aromatic N) is 2. The molecule has 10 rings (SSSR count). The molecule has 9 aromatic rings. The zero-order valence-corrected chi connectivity index (χ0v) is 25.6. The van der Waals surface area contributed by atoms with E-state index >= 15 is 0 Å². The second-order valence-electron chi connectivity index (χ2n) is 12.4. The van der Waals surface area contributed by atoms with Gasteiger partial charge in [0.05, 0.1) is 22.4 Å². The molecule has 1 aliphatic carbocycles. The fourth-order valence-corrected chi connectivity index (χ4v) is 7.41. The van der Waals surface area contributed by atoms with Gasteiger partial charge < -0.3 is 4.42 Å². The van der Waals surface area contributed by atoms with Gasteiger partial charge in [-0.05, 0) is 99.1 Å². The average Bonchev–Trinajstić information content (AvgIpc) is 3.53. The van der Waals surface area contributed by atoms with E-state index in [4.69, 9.17) is 14.4 Å². The van der Waals surface area contributed by atoms with Gasteiger partial charge in [0, 0.05) is 21.9 Å². The molecule has 3 heteroatoms. The van der Waals surface area contributed by atoms with Gasteiger partial charge in [-0.1, -0.05) is 103 Å². The highest BCUT2D eigenvalue weighted by molar-refractivity contribution is 6.33. The Morgan fingerprint density at radius 2 is 1.15 bits per heavy atom. The third-order valence-corrected chi connectivity index (χ3v) is 9.61. The van der Waals surface area contributed by atoms with Crippen LogP contribution in [0.25, 0.3) is 93.7 Å². The Bertz CT molecular complexity index is 2730. The minimum absolute atomic E-state index is 0.873. The van der Waals surface area contributed by atoms with Crippen molar-refractivity contribution in [3.8, 4) is 33.6 Å². The predicted octanol–water partition coefficient (Wildman–Crippen LogP) is 12.0. The Morgan fingerprint density at radius 1 is 0.447 bits per heavy atom. The molecule has 0 radical (unpaired) electrons. The lowest BCUT2D eigenvalue weighted by molar-refractivity contribution is 0.669. The zero-order valence-electron chi connectivity index (χ0n) is 25.6. The van der Waals surface area contributed by atoms with Gasteiger partial charge >= 0.3 is 0 Å². The lowest BCUT2D eigenvalue weighted by atomic mass is 9.89. The summed E-state index contributed by atoms with van der Waals surface area (Å²) in [6, 6.07) is 45.0. The third-order valence-electron chi connectivity index (χ3n) is 9.61. The topological polar surface area (TPSA) is 38.9 Å². The van der Waals surface area contributed by atoms with Crippen LogP contribution < -0.4 is 0 Å². The number of para-hydroxylation sites is 2. The van der Waals surface area contributed by atoms with Gasteiger partial charge in [0.15, 0.2) is 0 Å². The summed E-state index contributed by atoms with van der Waals surface area (Å²) in [6.07, 6.45) is 8.99. The molecule has 0 spiro atoms. The molecule has 1 aliphatic rings. The van der Waals surface area contributed by atoms with E-state index in [0.717, 1.165) is 63.1 Å². The van der Waals surface area contributed by atoms with Crippen LogP contribution in [-0.4, -0.2) is 9.97 Å². The fourth-order valence-electron chi connectivity index (χ4n) is 7.41. The number of fused-ring (bicyclic) bond motifs is 4. The van der Waals surface area contributed by atoms with Gasteiger partial charge in [-0.2, -0.15) is 0 Å². The lowest BCUT2D eigenvalue weighted by Crippen LogP contribution is -1.96. The molecule has 0 N–H and O–H groups in total. The Labute approximate surface area is 271 Å². The minimum Gasteiger partial charge on any atom is -0.456 e. The van der Waals surface area contributed by atoms with Gasteiger partial charge in [-0.25, -0.2) is 9.97 Å². The molecule has 0 atom stereocenters. The van der Waals surface area contributed by atoms with E-state index in [0.29, 0.717) is 0 Å². The van der Waals surface area contributed by atoms with Crippen molar-refractivity contribution >= 4 is 60.1 Å². The molecule has 0 unspecified atom stereocenters. The lowest BCUT2D eigenvalue weighted by Gasteiger charge is -2.15. The molecule has 2 heterocycles. The van der Waals surface area contributed by atoms with E-state index in [1.54, 1.807) is 0 Å². The minimum atomic E-state index is 0.873. The summed E-state index contributed by atoms with van der Waals surface area (Å²) >= 11 is 0. The van der Waals surface area contributed by atoms with Crippen molar-refractivity contribution in [3.63, 3.8) is 0 Å². The van der Waals surface area contributed by atoms with Crippen LogP contribution in [0.15, 0.2) is 150 Å². The SMILES string of the molecule is C1=CC(c2cc3oc4cccc5c6cc(-c7nc8ccccc8nc7-c7cccc(-c8ccccc8)c7)ccc6c(c2)c3c45)=CCC1. The molecular formula is C44H28N2O. The van der Waals surface area contributed by atoms with Crippen LogP contribution in [-0.2, 0) is 0 Å². The largest absolute Gasteiger partial charge is 0.456 e. The quantitative estimate of drug-likeness (QED) is 0.189. The average molecular weight is 601 g/mol. The van der Waals surface area contributed by atoms with Crippen LogP contribution in [0.1, 0.15) is 18.4 Å². The first-order chi connectivity index (χ1) is 23.3. The molecule has 3 nitrogen and oxygen atoms in total. The number of aromatic nitrogens is 2. The number of rotatable bonds is 4. The van der Waals surface area contributed by atoms with Crippen LogP contribution in [0.5, 0.6) is 0 Å². The summed E-state index contributed by atoms with van der Waals surface area (Å²) in [4.78, 5) is 10.5. The number of furan rings is 1. The molecule has 0 bridgehead atoms. The summed E-state index contributed by atoms with van der Waals surface area (Å²) in [5.41, 5.74) is 12.2. The normalized spacial score (nSPS) is 13.4. The smallest absolute Gasteiger partial charge is 0.136 e. The van der Waals surface area contributed by atoms with Crippen molar-refractivity contribution in [2.75, 3.05) is 0 Å². The molecule has 0 aliphatic heterocycles. The van der Waals surface area contributed by atoms with E-state index in [1.807, 2.05) is 24.3 Å². The molecule has 220 valence electrons. The van der Waals surface area contributed by atoms with E-state index < -0.39 is 0 Å². The van der Waals surface area contributed by atoms with Gasteiger partial charge in [-0.3, -0.25) is 0 Å². The first kappa shape index (κ1) is 26.2. The zero-order chi connectivity index (χ0) is 30.9. The summed E-state index contributed by atoms with van der Waals surface area (Å²) in [5, 5.41) is 7.19. The summed E-state index contributed by atoms with van der Waals surface area (Å²) in [5.74, 6) is 0. The highest BCUT2D eigenvalue weighted by Gasteiger charge is 2.21. The van der Waals surface area contributed by atoms with Crippen LogP contribution in [0.3, 0.4) is 0 Å². The van der Waals surface area contributed by atoms with Crippen LogP contribution >= 0.6 is 0 Å². The van der Waals surface area contributed by atoms with Crippen molar-refractivity contribution in [2.24, 2.45) is 0 Å². The number of allylic oxidation sites excluding steroid dienone is 4. The van der Waals surface area contributed by atoms with Crippen molar-refractivity contribution in [1.82, 2.24) is 9.97 Å². The first-order valence-electron chi connectivity index (χ1n) is 16.2. The molecule has 7 aromatic carbocycles. The maximum Gasteiger partial charge on any atom is 0.136 e. The fraction of sp³-hybridized carbons (Fsp3) is 0.0455. The Kier molecular flexibility index (Phi) is 5.70. The number of benzene rings is 7. The molecular weight excluding hydrogens is 572 g/mol. The molecule has 47 heavy (non-hydrogen) atoms. The number of hydrogen-bond donors (Lipinski definition) is 0. The molecule has 0 saturated heterocycles. The molecule has 0 amide bonds. The van der Waals surface area contributed by atoms with Crippen molar-refractivity contribution < 1.29 is 4.42 Å². The second kappa shape index (κ2) is 10.2. The van der Waals surface area contributed by atoms with Crippen molar-refractivity contribution in [2.45, 2.75) is 12.8 Å². The Hall–Kier alpha value is -6.06. The van der Waals surface area contributed by atoms with Gasteiger partial charge in [-0.15, -0.1) is 0 Å².